The topological polar surface area (TPSA) is 21.8 Å². The highest BCUT2D eigenvalue weighted by Crippen LogP contribution is 2.21. The van der Waals surface area contributed by atoms with Gasteiger partial charge in [-0.05, 0) is 30.9 Å². The van der Waals surface area contributed by atoms with Crippen molar-refractivity contribution < 1.29 is 9.80 Å². The molecule has 1 saturated carbocycles. The van der Waals surface area contributed by atoms with Crippen molar-refractivity contribution in [3.63, 3.8) is 0 Å². The van der Waals surface area contributed by atoms with E-state index >= 15 is 0 Å². The van der Waals surface area contributed by atoms with Crippen LogP contribution in [-0.2, 0) is 6.54 Å². The molecule has 2 fully saturated rings. The summed E-state index contributed by atoms with van der Waals surface area (Å²) in [7, 11) is 0. The Morgan fingerprint density at radius 1 is 1.15 bits per heavy atom. The Morgan fingerprint density at radius 3 is 2.70 bits per heavy atom. The number of nitrogens with zero attached hydrogens (tertiary/aromatic N) is 1. The average Bonchev–Trinajstić information content (AvgIpc) is 2.49. The van der Waals surface area contributed by atoms with Crippen molar-refractivity contribution in [1.82, 2.24) is 4.98 Å². The lowest BCUT2D eigenvalue weighted by atomic mass is 9.86. The van der Waals surface area contributed by atoms with Crippen LogP contribution in [0.5, 0.6) is 0 Å². The predicted molar refractivity (Wildman–Crippen MR) is 80.8 cm³/mol. The van der Waals surface area contributed by atoms with Gasteiger partial charge in [0.25, 0.3) is 0 Å². The van der Waals surface area contributed by atoms with Gasteiger partial charge in [-0.1, -0.05) is 19.4 Å². The summed E-state index contributed by atoms with van der Waals surface area (Å²) in [6.45, 7) is 8.90. The fourth-order valence-electron chi connectivity index (χ4n) is 4.07. The van der Waals surface area contributed by atoms with Crippen molar-refractivity contribution in [2.24, 2.45) is 5.92 Å². The van der Waals surface area contributed by atoms with Crippen LogP contribution in [0.1, 0.15) is 38.3 Å². The highest BCUT2D eigenvalue weighted by Gasteiger charge is 2.32. The summed E-state index contributed by atoms with van der Waals surface area (Å²) < 4.78 is 0. The number of nitrogens with one attached hydrogen (secondary N) is 2. The molecule has 2 heterocycles. The molecule has 20 heavy (non-hydrogen) atoms. The van der Waals surface area contributed by atoms with Crippen LogP contribution in [0, 0.1) is 5.92 Å². The van der Waals surface area contributed by atoms with E-state index in [-0.39, 0.29) is 0 Å². The summed E-state index contributed by atoms with van der Waals surface area (Å²) >= 11 is 0. The fourth-order valence-corrected chi connectivity index (χ4v) is 4.07. The third kappa shape index (κ3) is 3.58. The molecule has 2 unspecified atom stereocenters. The predicted octanol–water partition coefficient (Wildman–Crippen LogP) is -0.0563. The largest absolute Gasteiger partial charge is 0.323 e. The van der Waals surface area contributed by atoms with Gasteiger partial charge in [-0.2, -0.15) is 0 Å². The molecule has 0 spiro atoms. The first-order chi connectivity index (χ1) is 9.81. The average molecular weight is 275 g/mol. The Labute approximate surface area is 123 Å². The lowest BCUT2D eigenvalue weighted by molar-refractivity contribution is -1.03. The van der Waals surface area contributed by atoms with Gasteiger partial charge in [-0.25, -0.2) is 0 Å². The minimum Gasteiger partial charge on any atom is -0.323 e. The minimum atomic E-state index is 0.954. The molecule has 1 aliphatic heterocycles. The zero-order chi connectivity index (χ0) is 13.8. The molecule has 2 aliphatic rings. The van der Waals surface area contributed by atoms with Crippen molar-refractivity contribution >= 4 is 0 Å². The third-order valence-electron chi connectivity index (χ3n) is 5.27. The van der Waals surface area contributed by atoms with Crippen molar-refractivity contribution in [2.45, 2.75) is 45.2 Å². The van der Waals surface area contributed by atoms with Crippen LogP contribution in [0.25, 0.3) is 0 Å². The Balaban J connectivity index is 1.47. The van der Waals surface area contributed by atoms with Crippen LogP contribution < -0.4 is 9.80 Å². The third-order valence-corrected chi connectivity index (χ3v) is 5.27. The summed E-state index contributed by atoms with van der Waals surface area (Å²) in [4.78, 5) is 8.07. The summed E-state index contributed by atoms with van der Waals surface area (Å²) in [5.74, 6) is 0.958. The molecule has 3 rings (SSSR count). The Bertz CT molecular complexity index is 398. The molecule has 0 aromatic carbocycles. The summed E-state index contributed by atoms with van der Waals surface area (Å²) in [6.07, 6.45) is 7.76. The lowest BCUT2D eigenvalue weighted by Gasteiger charge is -2.37. The van der Waals surface area contributed by atoms with Gasteiger partial charge >= 0.3 is 0 Å². The van der Waals surface area contributed by atoms with Gasteiger partial charge in [-0.3, -0.25) is 4.98 Å². The van der Waals surface area contributed by atoms with E-state index in [0.717, 1.165) is 18.5 Å². The van der Waals surface area contributed by atoms with E-state index in [0.29, 0.717) is 0 Å². The molecule has 0 amide bonds. The van der Waals surface area contributed by atoms with E-state index in [1.54, 1.807) is 4.90 Å². The lowest BCUT2D eigenvalue weighted by Crippen LogP contribution is -3.29. The van der Waals surface area contributed by atoms with Gasteiger partial charge in [0, 0.05) is 12.6 Å². The van der Waals surface area contributed by atoms with Gasteiger partial charge in [0.1, 0.15) is 32.7 Å². The summed E-state index contributed by atoms with van der Waals surface area (Å²) in [5.41, 5.74) is 1.25. The maximum Gasteiger partial charge on any atom is 0.127 e. The van der Waals surface area contributed by atoms with Crippen LogP contribution in [0.2, 0.25) is 0 Å². The standard InChI is InChI=1S/C17H27N3/c1-15-5-4-7-17(13-15)20-11-9-19(10-12-20)14-16-6-2-3-8-18-16/h2-3,6,8,15,17H,4-5,7,9-14H2,1H3/p+2. The molecule has 110 valence electrons. The molecule has 0 radical (unpaired) electrons. The van der Waals surface area contributed by atoms with Gasteiger partial charge in [0.15, 0.2) is 0 Å². The Morgan fingerprint density at radius 2 is 2.00 bits per heavy atom. The zero-order valence-corrected chi connectivity index (χ0v) is 12.8. The smallest absolute Gasteiger partial charge is 0.127 e. The molecule has 2 atom stereocenters. The van der Waals surface area contributed by atoms with E-state index in [2.05, 4.69) is 24.0 Å². The van der Waals surface area contributed by atoms with E-state index in [4.69, 9.17) is 0 Å². The molecule has 2 N–H and O–H groups in total. The van der Waals surface area contributed by atoms with Crippen molar-refractivity contribution in [1.29, 1.82) is 0 Å². The number of rotatable bonds is 3. The molecular weight excluding hydrogens is 246 g/mol. The van der Waals surface area contributed by atoms with Crippen LogP contribution in [0.3, 0.4) is 0 Å². The monoisotopic (exact) mass is 275 g/mol. The van der Waals surface area contributed by atoms with Crippen molar-refractivity contribution in [2.75, 3.05) is 26.2 Å². The van der Waals surface area contributed by atoms with Gasteiger partial charge < -0.3 is 9.80 Å². The molecule has 1 saturated heterocycles. The summed E-state index contributed by atoms with van der Waals surface area (Å²) in [6, 6.07) is 7.22. The van der Waals surface area contributed by atoms with Crippen molar-refractivity contribution in [3.05, 3.63) is 30.1 Å². The number of aromatic nitrogens is 1. The number of pyridine rings is 1. The Hall–Kier alpha value is -0.930. The molecule has 0 bridgehead atoms. The van der Waals surface area contributed by atoms with Gasteiger partial charge in [0.2, 0.25) is 0 Å². The van der Waals surface area contributed by atoms with Crippen LogP contribution in [0.4, 0.5) is 0 Å². The van der Waals surface area contributed by atoms with Crippen LogP contribution in [0.15, 0.2) is 24.4 Å². The second-order valence-corrected chi connectivity index (χ2v) is 6.87. The highest BCUT2D eigenvalue weighted by atomic mass is 15.3. The second kappa shape index (κ2) is 6.68. The van der Waals surface area contributed by atoms with Crippen molar-refractivity contribution in [3.8, 4) is 0 Å². The van der Waals surface area contributed by atoms with Gasteiger partial charge in [0.05, 0.1) is 11.7 Å². The molecule has 1 aromatic heterocycles. The number of quaternary nitrogens is 2. The van der Waals surface area contributed by atoms with Gasteiger partial charge in [-0.15, -0.1) is 0 Å². The molecule has 1 aliphatic carbocycles. The van der Waals surface area contributed by atoms with E-state index in [9.17, 15) is 0 Å². The first-order valence-electron chi connectivity index (χ1n) is 8.39. The Kier molecular flexibility index (Phi) is 4.69. The molecule has 3 heteroatoms. The minimum absolute atomic E-state index is 0.954. The molecule has 1 aromatic rings. The second-order valence-electron chi connectivity index (χ2n) is 6.87. The number of hydrogen-bond acceptors (Lipinski definition) is 1. The van der Waals surface area contributed by atoms with E-state index in [1.807, 2.05) is 17.2 Å². The maximum absolute atomic E-state index is 4.46. The van der Waals surface area contributed by atoms with E-state index < -0.39 is 0 Å². The quantitative estimate of drug-likeness (QED) is 0.793. The number of piperazine rings is 1. The first kappa shape index (κ1) is 14.0. The molecule has 3 nitrogen and oxygen atoms in total. The summed E-state index contributed by atoms with van der Waals surface area (Å²) in [5, 5.41) is 0. The van der Waals surface area contributed by atoms with E-state index in [1.165, 1.54) is 57.6 Å². The fraction of sp³-hybridized carbons (Fsp3) is 0.706. The molecular formula is C17H29N3+2. The number of hydrogen-bond donors (Lipinski definition) is 2. The normalized spacial score (nSPS) is 34.9. The van der Waals surface area contributed by atoms with Crippen LogP contribution >= 0.6 is 0 Å². The highest BCUT2D eigenvalue weighted by molar-refractivity contribution is 5.01. The zero-order valence-electron chi connectivity index (χ0n) is 12.8. The maximum atomic E-state index is 4.46. The van der Waals surface area contributed by atoms with Crippen LogP contribution in [-0.4, -0.2) is 37.2 Å². The first-order valence-corrected chi connectivity index (χ1v) is 8.39. The SMILES string of the molecule is CC1CCCC([NH+]2CC[NH+](Cc3ccccn3)CC2)C1.